The quantitative estimate of drug-likeness (QED) is 0.771. The Morgan fingerprint density at radius 3 is 2.86 bits per heavy atom. The topological polar surface area (TPSA) is 54.7 Å². The Balaban J connectivity index is 2.17. The Morgan fingerprint density at radius 2 is 2.29 bits per heavy atom. The Labute approximate surface area is 85.1 Å². The lowest BCUT2D eigenvalue weighted by molar-refractivity contribution is 0.747. The molecule has 0 aromatic carbocycles. The van der Waals surface area contributed by atoms with Crippen LogP contribution in [0.25, 0.3) is 0 Å². The first kappa shape index (κ1) is 9.56. The van der Waals surface area contributed by atoms with Crippen molar-refractivity contribution in [2.75, 3.05) is 5.73 Å². The predicted molar refractivity (Wildman–Crippen MR) is 58.1 cm³/mol. The van der Waals surface area contributed by atoms with Crippen molar-refractivity contribution >= 4 is 5.82 Å². The van der Waals surface area contributed by atoms with E-state index in [0.29, 0.717) is 11.7 Å². The summed E-state index contributed by atoms with van der Waals surface area (Å²) in [6.45, 7) is 4.43. The van der Waals surface area contributed by atoms with Gasteiger partial charge in [0.05, 0.1) is 0 Å². The van der Waals surface area contributed by atoms with Gasteiger partial charge in [0, 0.05) is 17.2 Å². The summed E-state index contributed by atoms with van der Waals surface area (Å²) >= 11 is 0. The number of hydrogen-bond acceptors (Lipinski definition) is 2. The first-order valence-electron chi connectivity index (χ1n) is 5.60. The van der Waals surface area contributed by atoms with Crippen LogP contribution in [0, 0.1) is 5.92 Å². The highest BCUT2D eigenvalue weighted by molar-refractivity contribution is 5.45. The van der Waals surface area contributed by atoms with Gasteiger partial charge in [0.15, 0.2) is 0 Å². The zero-order valence-corrected chi connectivity index (χ0v) is 9.01. The van der Waals surface area contributed by atoms with E-state index in [1.54, 1.807) is 0 Å². The molecule has 0 saturated heterocycles. The van der Waals surface area contributed by atoms with E-state index in [2.05, 4.69) is 24.0 Å². The second kappa shape index (κ2) is 3.64. The van der Waals surface area contributed by atoms with Gasteiger partial charge in [-0.25, -0.2) is 0 Å². The normalized spacial score (nSPS) is 25.3. The standard InChI is InChI=1S/C11H19N3/c1-3-5-8-10(13-14-11(8)12)9-6-7(9)4-2/h7,9H,3-6H2,1-2H3,(H3,12,13,14). The van der Waals surface area contributed by atoms with Crippen molar-refractivity contribution in [3.8, 4) is 0 Å². The SMILES string of the molecule is CCCc1c(N)n[nH]c1C1CC1CC. The molecule has 1 aliphatic rings. The van der Waals surface area contributed by atoms with E-state index < -0.39 is 0 Å². The molecule has 2 atom stereocenters. The summed E-state index contributed by atoms with van der Waals surface area (Å²) in [5, 5.41) is 7.23. The van der Waals surface area contributed by atoms with Crippen molar-refractivity contribution in [1.29, 1.82) is 0 Å². The molecule has 3 N–H and O–H groups in total. The molecule has 0 bridgehead atoms. The fourth-order valence-corrected chi connectivity index (χ4v) is 2.27. The van der Waals surface area contributed by atoms with Gasteiger partial charge in [-0.2, -0.15) is 5.10 Å². The third-order valence-electron chi connectivity index (χ3n) is 3.25. The molecule has 78 valence electrons. The van der Waals surface area contributed by atoms with Crippen LogP contribution in [0.4, 0.5) is 5.82 Å². The van der Waals surface area contributed by atoms with E-state index in [9.17, 15) is 0 Å². The van der Waals surface area contributed by atoms with Gasteiger partial charge in [0.2, 0.25) is 0 Å². The lowest BCUT2D eigenvalue weighted by Gasteiger charge is -2.00. The summed E-state index contributed by atoms with van der Waals surface area (Å²) in [7, 11) is 0. The average molecular weight is 193 g/mol. The first-order valence-corrected chi connectivity index (χ1v) is 5.60. The molecule has 1 aromatic rings. The number of nitrogens with two attached hydrogens (primary N) is 1. The number of hydrogen-bond donors (Lipinski definition) is 2. The third kappa shape index (κ3) is 1.51. The molecule has 1 aromatic heterocycles. The lowest BCUT2D eigenvalue weighted by atomic mass is 10.1. The van der Waals surface area contributed by atoms with Crippen LogP contribution in [0.1, 0.15) is 50.3 Å². The number of aromatic amines is 1. The smallest absolute Gasteiger partial charge is 0.148 e. The van der Waals surface area contributed by atoms with Gasteiger partial charge in [0.1, 0.15) is 5.82 Å². The number of rotatable bonds is 4. The molecule has 1 fully saturated rings. The molecule has 0 spiro atoms. The van der Waals surface area contributed by atoms with Crippen LogP contribution >= 0.6 is 0 Å². The number of nitrogens with one attached hydrogen (secondary N) is 1. The van der Waals surface area contributed by atoms with E-state index in [0.717, 1.165) is 18.8 Å². The molecular formula is C11H19N3. The van der Waals surface area contributed by atoms with Crippen molar-refractivity contribution in [1.82, 2.24) is 10.2 Å². The van der Waals surface area contributed by atoms with Gasteiger partial charge < -0.3 is 5.73 Å². The van der Waals surface area contributed by atoms with Crippen LogP contribution in [0.2, 0.25) is 0 Å². The largest absolute Gasteiger partial charge is 0.382 e. The minimum Gasteiger partial charge on any atom is -0.382 e. The zero-order valence-electron chi connectivity index (χ0n) is 9.01. The Hall–Kier alpha value is -0.990. The second-order valence-electron chi connectivity index (χ2n) is 4.26. The highest BCUT2D eigenvalue weighted by atomic mass is 15.2. The minimum absolute atomic E-state index is 0.712. The maximum Gasteiger partial charge on any atom is 0.148 e. The zero-order chi connectivity index (χ0) is 10.1. The molecule has 2 unspecified atom stereocenters. The van der Waals surface area contributed by atoms with Crippen molar-refractivity contribution < 1.29 is 0 Å². The van der Waals surface area contributed by atoms with Gasteiger partial charge in [-0.05, 0) is 18.8 Å². The number of aromatic nitrogens is 2. The summed E-state index contributed by atoms with van der Waals surface area (Å²) in [6.07, 6.45) is 4.79. The summed E-state index contributed by atoms with van der Waals surface area (Å²) in [4.78, 5) is 0. The number of H-pyrrole nitrogens is 1. The Bertz CT molecular complexity index is 316. The number of anilines is 1. The molecule has 0 aliphatic heterocycles. The second-order valence-corrected chi connectivity index (χ2v) is 4.26. The summed E-state index contributed by atoms with van der Waals surface area (Å²) in [5.41, 5.74) is 8.43. The molecular weight excluding hydrogens is 174 g/mol. The summed E-state index contributed by atoms with van der Waals surface area (Å²) in [5.74, 6) is 2.29. The highest BCUT2D eigenvalue weighted by Crippen LogP contribution is 2.50. The molecule has 14 heavy (non-hydrogen) atoms. The summed E-state index contributed by atoms with van der Waals surface area (Å²) < 4.78 is 0. The van der Waals surface area contributed by atoms with E-state index in [1.807, 2.05) is 0 Å². The van der Waals surface area contributed by atoms with E-state index in [4.69, 9.17) is 5.73 Å². The van der Waals surface area contributed by atoms with Crippen molar-refractivity contribution in [2.24, 2.45) is 5.92 Å². The Morgan fingerprint density at radius 1 is 1.50 bits per heavy atom. The Kier molecular flexibility index (Phi) is 2.48. The van der Waals surface area contributed by atoms with Crippen LogP contribution in [-0.2, 0) is 6.42 Å². The summed E-state index contributed by atoms with van der Waals surface area (Å²) in [6, 6.07) is 0. The van der Waals surface area contributed by atoms with Crippen LogP contribution in [0.3, 0.4) is 0 Å². The number of nitrogens with zero attached hydrogens (tertiary/aromatic N) is 1. The van der Waals surface area contributed by atoms with Crippen LogP contribution < -0.4 is 5.73 Å². The monoisotopic (exact) mass is 193 g/mol. The van der Waals surface area contributed by atoms with E-state index in [1.165, 1.54) is 24.1 Å². The van der Waals surface area contributed by atoms with Crippen LogP contribution in [0.15, 0.2) is 0 Å². The molecule has 0 radical (unpaired) electrons. The molecule has 1 aliphatic carbocycles. The molecule has 3 heteroatoms. The third-order valence-corrected chi connectivity index (χ3v) is 3.25. The van der Waals surface area contributed by atoms with Gasteiger partial charge in [-0.1, -0.05) is 26.7 Å². The fourth-order valence-electron chi connectivity index (χ4n) is 2.27. The van der Waals surface area contributed by atoms with Crippen molar-refractivity contribution in [3.63, 3.8) is 0 Å². The van der Waals surface area contributed by atoms with Gasteiger partial charge in [0.25, 0.3) is 0 Å². The average Bonchev–Trinajstić information content (AvgIpc) is 2.88. The van der Waals surface area contributed by atoms with Gasteiger partial charge in [-0.15, -0.1) is 0 Å². The van der Waals surface area contributed by atoms with Gasteiger partial charge in [-0.3, -0.25) is 5.10 Å². The highest BCUT2D eigenvalue weighted by Gasteiger charge is 2.39. The molecule has 2 rings (SSSR count). The maximum atomic E-state index is 5.84. The lowest BCUT2D eigenvalue weighted by Crippen LogP contribution is -1.94. The fraction of sp³-hybridized carbons (Fsp3) is 0.727. The molecule has 1 heterocycles. The molecule has 1 saturated carbocycles. The van der Waals surface area contributed by atoms with E-state index in [-0.39, 0.29) is 0 Å². The van der Waals surface area contributed by atoms with E-state index >= 15 is 0 Å². The minimum atomic E-state index is 0.712. The van der Waals surface area contributed by atoms with Crippen molar-refractivity contribution in [3.05, 3.63) is 11.3 Å². The van der Waals surface area contributed by atoms with Crippen LogP contribution in [0.5, 0.6) is 0 Å². The maximum absolute atomic E-state index is 5.84. The van der Waals surface area contributed by atoms with Crippen molar-refractivity contribution in [2.45, 2.75) is 45.4 Å². The molecule has 3 nitrogen and oxygen atoms in total. The number of nitrogen functional groups attached to an aromatic ring is 1. The first-order chi connectivity index (χ1) is 6.77. The van der Waals surface area contributed by atoms with Crippen LogP contribution in [-0.4, -0.2) is 10.2 Å². The van der Waals surface area contributed by atoms with Gasteiger partial charge >= 0.3 is 0 Å². The molecule has 0 amide bonds. The predicted octanol–water partition coefficient (Wildman–Crippen LogP) is 2.46.